The smallest absolute Gasteiger partial charge is 0.165 e. The molecule has 0 saturated heterocycles. The SMILES string of the molecule is COCC(=O)C1(CN)CCCCCC1. The van der Waals surface area contributed by atoms with Gasteiger partial charge in [0.1, 0.15) is 6.61 Å². The average Bonchev–Trinajstić information content (AvgIpc) is 2.44. The largest absolute Gasteiger partial charge is 0.377 e. The van der Waals surface area contributed by atoms with E-state index in [2.05, 4.69) is 0 Å². The van der Waals surface area contributed by atoms with E-state index >= 15 is 0 Å². The summed E-state index contributed by atoms with van der Waals surface area (Å²) in [5.41, 5.74) is 5.49. The van der Waals surface area contributed by atoms with Gasteiger partial charge in [0.2, 0.25) is 0 Å². The first kappa shape index (κ1) is 11.7. The number of carbonyl (C=O) groups is 1. The van der Waals surface area contributed by atoms with Gasteiger partial charge in [0.25, 0.3) is 0 Å². The molecule has 0 atom stereocenters. The molecule has 0 amide bonds. The highest BCUT2D eigenvalue weighted by atomic mass is 16.5. The molecule has 1 aliphatic rings. The Hall–Kier alpha value is -0.410. The average molecular weight is 199 g/mol. The van der Waals surface area contributed by atoms with Crippen molar-refractivity contribution in [2.45, 2.75) is 38.5 Å². The normalized spacial score (nSPS) is 21.6. The van der Waals surface area contributed by atoms with Crippen LogP contribution >= 0.6 is 0 Å². The lowest BCUT2D eigenvalue weighted by Gasteiger charge is -2.29. The van der Waals surface area contributed by atoms with Crippen molar-refractivity contribution in [1.29, 1.82) is 0 Å². The molecule has 0 aromatic carbocycles. The van der Waals surface area contributed by atoms with Gasteiger partial charge in [-0.25, -0.2) is 0 Å². The van der Waals surface area contributed by atoms with Gasteiger partial charge >= 0.3 is 0 Å². The van der Waals surface area contributed by atoms with Crippen molar-refractivity contribution < 1.29 is 9.53 Å². The molecule has 1 rings (SSSR count). The highest BCUT2D eigenvalue weighted by Crippen LogP contribution is 2.34. The Balaban J connectivity index is 2.66. The van der Waals surface area contributed by atoms with Gasteiger partial charge in [0.15, 0.2) is 5.78 Å². The summed E-state index contributed by atoms with van der Waals surface area (Å²) < 4.78 is 4.92. The van der Waals surface area contributed by atoms with Crippen LogP contribution in [-0.2, 0) is 9.53 Å². The first-order valence-electron chi connectivity index (χ1n) is 5.47. The topological polar surface area (TPSA) is 52.3 Å². The zero-order chi connectivity index (χ0) is 10.4. The molecule has 82 valence electrons. The maximum absolute atomic E-state index is 11.9. The number of hydrogen-bond donors (Lipinski definition) is 1. The van der Waals surface area contributed by atoms with Crippen LogP contribution in [0.5, 0.6) is 0 Å². The number of rotatable bonds is 4. The molecule has 0 radical (unpaired) electrons. The zero-order valence-corrected chi connectivity index (χ0v) is 9.05. The number of hydrogen-bond acceptors (Lipinski definition) is 3. The van der Waals surface area contributed by atoms with Crippen molar-refractivity contribution in [2.24, 2.45) is 11.1 Å². The van der Waals surface area contributed by atoms with Gasteiger partial charge in [0.05, 0.1) is 0 Å². The van der Waals surface area contributed by atoms with Crippen molar-refractivity contribution in [3.05, 3.63) is 0 Å². The third-order valence-corrected chi connectivity index (χ3v) is 3.32. The summed E-state index contributed by atoms with van der Waals surface area (Å²) in [4.78, 5) is 11.9. The van der Waals surface area contributed by atoms with Crippen LogP contribution in [0.1, 0.15) is 38.5 Å². The molecule has 0 bridgehead atoms. The van der Waals surface area contributed by atoms with E-state index in [4.69, 9.17) is 10.5 Å². The van der Waals surface area contributed by atoms with Crippen LogP contribution in [0.2, 0.25) is 0 Å². The summed E-state index contributed by atoms with van der Waals surface area (Å²) in [6.45, 7) is 0.701. The van der Waals surface area contributed by atoms with Crippen LogP contribution in [-0.4, -0.2) is 26.0 Å². The Morgan fingerprint density at radius 3 is 2.29 bits per heavy atom. The Labute approximate surface area is 86.0 Å². The predicted octanol–water partition coefficient (Wildman–Crippen LogP) is 1.50. The molecule has 2 N–H and O–H groups in total. The van der Waals surface area contributed by atoms with Gasteiger partial charge in [-0.1, -0.05) is 25.7 Å². The molecule has 1 aliphatic carbocycles. The van der Waals surface area contributed by atoms with E-state index < -0.39 is 0 Å². The summed E-state index contributed by atoms with van der Waals surface area (Å²) in [6.07, 6.45) is 6.64. The van der Waals surface area contributed by atoms with E-state index in [1.807, 2.05) is 0 Å². The van der Waals surface area contributed by atoms with E-state index in [0.717, 1.165) is 25.7 Å². The maximum atomic E-state index is 11.9. The van der Waals surface area contributed by atoms with Crippen LogP contribution in [0.25, 0.3) is 0 Å². The summed E-state index contributed by atoms with van der Waals surface area (Å²) in [5.74, 6) is 0.199. The highest BCUT2D eigenvalue weighted by Gasteiger charge is 2.36. The van der Waals surface area contributed by atoms with Crippen LogP contribution in [0.3, 0.4) is 0 Å². The Bertz CT molecular complexity index is 184. The molecular formula is C11H21NO2. The van der Waals surface area contributed by atoms with Crippen LogP contribution in [0.15, 0.2) is 0 Å². The number of nitrogens with two attached hydrogens (primary N) is 1. The lowest BCUT2D eigenvalue weighted by Crippen LogP contribution is -2.40. The number of carbonyl (C=O) groups excluding carboxylic acids is 1. The van der Waals surface area contributed by atoms with Gasteiger partial charge in [0, 0.05) is 19.1 Å². The van der Waals surface area contributed by atoms with Crippen molar-refractivity contribution >= 4 is 5.78 Å². The van der Waals surface area contributed by atoms with Gasteiger partial charge in [-0.15, -0.1) is 0 Å². The van der Waals surface area contributed by atoms with E-state index in [-0.39, 0.29) is 17.8 Å². The molecule has 3 heteroatoms. The Morgan fingerprint density at radius 1 is 1.29 bits per heavy atom. The summed E-state index contributed by atoms with van der Waals surface area (Å²) in [7, 11) is 1.57. The molecule has 1 saturated carbocycles. The minimum absolute atomic E-state index is 0.199. The Morgan fingerprint density at radius 2 is 1.86 bits per heavy atom. The molecule has 0 aromatic heterocycles. The monoisotopic (exact) mass is 199 g/mol. The second-order valence-corrected chi connectivity index (χ2v) is 4.25. The van der Waals surface area contributed by atoms with Crippen molar-refractivity contribution in [2.75, 3.05) is 20.3 Å². The molecule has 1 fully saturated rings. The lowest BCUT2D eigenvalue weighted by molar-refractivity contribution is -0.132. The van der Waals surface area contributed by atoms with Crippen LogP contribution < -0.4 is 5.73 Å². The fraction of sp³-hybridized carbons (Fsp3) is 0.909. The maximum Gasteiger partial charge on any atom is 0.165 e. The molecule has 3 nitrogen and oxygen atoms in total. The van der Waals surface area contributed by atoms with E-state index in [1.165, 1.54) is 12.8 Å². The Kier molecular flexibility index (Phi) is 4.55. The van der Waals surface area contributed by atoms with Gasteiger partial charge < -0.3 is 10.5 Å². The van der Waals surface area contributed by atoms with Crippen molar-refractivity contribution in [1.82, 2.24) is 0 Å². The van der Waals surface area contributed by atoms with Crippen LogP contribution in [0.4, 0.5) is 0 Å². The first-order valence-corrected chi connectivity index (χ1v) is 5.47. The number of methoxy groups -OCH3 is 1. The molecule has 0 aliphatic heterocycles. The molecule has 0 unspecified atom stereocenters. The standard InChI is InChI=1S/C11H21NO2/c1-14-8-10(13)11(9-12)6-4-2-3-5-7-11/h2-9,12H2,1H3. The zero-order valence-electron chi connectivity index (χ0n) is 9.05. The van der Waals surface area contributed by atoms with Crippen molar-refractivity contribution in [3.63, 3.8) is 0 Å². The van der Waals surface area contributed by atoms with E-state index in [1.54, 1.807) is 7.11 Å². The lowest BCUT2D eigenvalue weighted by atomic mass is 9.77. The third-order valence-electron chi connectivity index (χ3n) is 3.32. The summed E-state index contributed by atoms with van der Waals surface area (Å²) >= 11 is 0. The van der Waals surface area contributed by atoms with Crippen molar-refractivity contribution in [3.8, 4) is 0 Å². The minimum Gasteiger partial charge on any atom is -0.377 e. The number of Topliss-reactive ketones (excluding diaryl/α,β-unsaturated/α-hetero) is 1. The third kappa shape index (κ3) is 2.55. The van der Waals surface area contributed by atoms with Gasteiger partial charge in [-0.3, -0.25) is 4.79 Å². The highest BCUT2D eigenvalue weighted by molar-refractivity contribution is 5.86. The molecule has 0 aromatic rings. The number of ether oxygens (including phenoxy) is 1. The molecule has 14 heavy (non-hydrogen) atoms. The van der Waals surface area contributed by atoms with Crippen LogP contribution in [0, 0.1) is 5.41 Å². The molecule has 0 spiro atoms. The van der Waals surface area contributed by atoms with E-state index in [9.17, 15) is 4.79 Å². The molecule has 0 heterocycles. The predicted molar refractivity (Wildman–Crippen MR) is 56.1 cm³/mol. The van der Waals surface area contributed by atoms with E-state index in [0.29, 0.717) is 6.54 Å². The second kappa shape index (κ2) is 5.47. The summed E-state index contributed by atoms with van der Waals surface area (Å²) in [6, 6.07) is 0. The minimum atomic E-state index is -0.271. The van der Waals surface area contributed by atoms with Gasteiger partial charge in [-0.05, 0) is 12.8 Å². The second-order valence-electron chi connectivity index (χ2n) is 4.25. The molecular weight excluding hydrogens is 178 g/mol. The quantitative estimate of drug-likeness (QED) is 0.698. The number of ketones is 1. The fourth-order valence-corrected chi connectivity index (χ4v) is 2.29. The fourth-order valence-electron chi connectivity index (χ4n) is 2.29. The summed E-state index contributed by atoms with van der Waals surface area (Å²) in [5, 5.41) is 0. The van der Waals surface area contributed by atoms with Gasteiger partial charge in [-0.2, -0.15) is 0 Å². The first-order chi connectivity index (χ1) is 6.75.